The number of Topliss-reactive ketones (excluding diaryl/α,β-unsaturated/α-hetero) is 1. The van der Waals surface area contributed by atoms with Crippen molar-refractivity contribution in [3.8, 4) is 5.75 Å². The number of hydrogen-bond donors (Lipinski definition) is 0. The highest BCUT2D eigenvalue weighted by Crippen LogP contribution is 2.23. The number of carbonyl (C=O) groups is 1. The number of carbonyl (C=O) groups excluding carboxylic acids is 1. The standard InChI is InChI=1S/C13H18ClNO2/c1-15(2)7-6-12(16)9-10-8-11(14)4-5-13(10)17-3/h4-5,8H,6-7,9H2,1-3H3. The van der Waals surface area contributed by atoms with Gasteiger partial charge >= 0.3 is 0 Å². The van der Waals surface area contributed by atoms with Crippen LogP contribution in [-0.2, 0) is 11.2 Å². The van der Waals surface area contributed by atoms with Gasteiger partial charge in [0.1, 0.15) is 11.5 Å². The quantitative estimate of drug-likeness (QED) is 0.782. The van der Waals surface area contributed by atoms with Gasteiger partial charge in [-0.05, 0) is 32.3 Å². The summed E-state index contributed by atoms with van der Waals surface area (Å²) in [5, 5.41) is 0.626. The molecule has 0 aliphatic carbocycles. The third kappa shape index (κ3) is 4.75. The zero-order valence-electron chi connectivity index (χ0n) is 10.5. The molecule has 0 radical (unpaired) electrons. The van der Waals surface area contributed by atoms with Gasteiger partial charge in [-0.3, -0.25) is 4.79 Å². The second-order valence-corrected chi connectivity index (χ2v) is 4.66. The predicted octanol–water partition coefficient (Wildman–Crippen LogP) is 2.41. The minimum absolute atomic E-state index is 0.194. The molecule has 0 atom stereocenters. The number of halogens is 1. The van der Waals surface area contributed by atoms with Crippen LogP contribution in [0.15, 0.2) is 18.2 Å². The molecule has 1 aromatic rings. The number of ketones is 1. The fourth-order valence-electron chi connectivity index (χ4n) is 1.53. The summed E-state index contributed by atoms with van der Waals surface area (Å²) in [6.07, 6.45) is 0.917. The van der Waals surface area contributed by atoms with Crippen molar-refractivity contribution in [1.82, 2.24) is 4.90 Å². The van der Waals surface area contributed by atoms with E-state index in [4.69, 9.17) is 16.3 Å². The molecule has 4 heteroatoms. The van der Waals surface area contributed by atoms with E-state index in [0.29, 0.717) is 23.6 Å². The Morgan fingerprint density at radius 3 is 2.71 bits per heavy atom. The van der Waals surface area contributed by atoms with Gasteiger partial charge in [0.25, 0.3) is 0 Å². The summed E-state index contributed by atoms with van der Waals surface area (Å²) < 4.78 is 5.21. The number of methoxy groups -OCH3 is 1. The number of benzene rings is 1. The zero-order valence-corrected chi connectivity index (χ0v) is 11.3. The van der Waals surface area contributed by atoms with Gasteiger partial charge in [0.05, 0.1) is 7.11 Å². The van der Waals surface area contributed by atoms with E-state index in [1.54, 1.807) is 25.3 Å². The molecule has 0 heterocycles. The summed E-state index contributed by atoms with van der Waals surface area (Å²) in [7, 11) is 5.50. The molecule has 0 amide bonds. The van der Waals surface area contributed by atoms with Crippen molar-refractivity contribution in [3.05, 3.63) is 28.8 Å². The van der Waals surface area contributed by atoms with Crippen molar-refractivity contribution < 1.29 is 9.53 Å². The molecule has 0 saturated carbocycles. The van der Waals surface area contributed by atoms with E-state index in [2.05, 4.69) is 0 Å². The highest BCUT2D eigenvalue weighted by Gasteiger charge is 2.09. The van der Waals surface area contributed by atoms with Gasteiger partial charge in [-0.2, -0.15) is 0 Å². The van der Waals surface area contributed by atoms with E-state index in [9.17, 15) is 4.79 Å². The average molecular weight is 256 g/mol. The van der Waals surface area contributed by atoms with Crippen LogP contribution in [0.2, 0.25) is 5.02 Å². The fourth-order valence-corrected chi connectivity index (χ4v) is 1.73. The van der Waals surface area contributed by atoms with Crippen LogP contribution < -0.4 is 4.74 Å². The molecule has 0 aliphatic heterocycles. The zero-order chi connectivity index (χ0) is 12.8. The van der Waals surface area contributed by atoms with Gasteiger partial charge in [0.15, 0.2) is 0 Å². The summed E-state index contributed by atoms with van der Waals surface area (Å²) >= 11 is 5.91. The number of rotatable bonds is 6. The SMILES string of the molecule is COc1ccc(Cl)cc1CC(=O)CCN(C)C. The van der Waals surface area contributed by atoms with Crippen LogP contribution in [0.1, 0.15) is 12.0 Å². The maximum absolute atomic E-state index is 11.8. The monoisotopic (exact) mass is 255 g/mol. The Bertz CT molecular complexity index is 391. The van der Waals surface area contributed by atoms with Crippen LogP contribution in [0.5, 0.6) is 5.75 Å². The lowest BCUT2D eigenvalue weighted by Gasteiger charge is -2.10. The Labute approximate surface area is 107 Å². The van der Waals surface area contributed by atoms with Crippen molar-refractivity contribution in [2.45, 2.75) is 12.8 Å². The van der Waals surface area contributed by atoms with Crippen LogP contribution in [0.4, 0.5) is 0 Å². The van der Waals surface area contributed by atoms with Crippen LogP contribution in [-0.4, -0.2) is 38.4 Å². The van der Waals surface area contributed by atoms with Crippen LogP contribution >= 0.6 is 11.6 Å². The predicted molar refractivity (Wildman–Crippen MR) is 69.9 cm³/mol. The third-order valence-electron chi connectivity index (χ3n) is 2.47. The van der Waals surface area contributed by atoms with E-state index in [1.165, 1.54) is 0 Å². The van der Waals surface area contributed by atoms with Crippen molar-refractivity contribution in [3.63, 3.8) is 0 Å². The van der Waals surface area contributed by atoms with Crippen molar-refractivity contribution in [2.24, 2.45) is 0 Å². The molecule has 0 fully saturated rings. The highest BCUT2D eigenvalue weighted by molar-refractivity contribution is 6.30. The minimum atomic E-state index is 0.194. The molecule has 0 bridgehead atoms. The summed E-state index contributed by atoms with van der Waals surface area (Å²) in [5.74, 6) is 0.909. The molecule has 0 saturated heterocycles. The van der Waals surface area contributed by atoms with Gasteiger partial charge < -0.3 is 9.64 Å². The molecular formula is C13H18ClNO2. The average Bonchev–Trinajstić information content (AvgIpc) is 2.27. The number of nitrogens with zero attached hydrogens (tertiary/aromatic N) is 1. The number of ether oxygens (including phenoxy) is 1. The Morgan fingerprint density at radius 1 is 1.41 bits per heavy atom. The van der Waals surface area contributed by atoms with Crippen molar-refractivity contribution in [2.75, 3.05) is 27.7 Å². The van der Waals surface area contributed by atoms with Crippen LogP contribution in [0.3, 0.4) is 0 Å². The first-order chi connectivity index (χ1) is 8.02. The summed E-state index contributed by atoms with van der Waals surface area (Å²) in [6.45, 7) is 0.766. The topological polar surface area (TPSA) is 29.5 Å². The lowest BCUT2D eigenvalue weighted by molar-refractivity contribution is -0.118. The second kappa shape index (κ2) is 6.62. The fraction of sp³-hybridized carbons (Fsp3) is 0.462. The largest absolute Gasteiger partial charge is 0.496 e. The van der Waals surface area contributed by atoms with Crippen LogP contribution in [0, 0.1) is 0 Å². The lowest BCUT2D eigenvalue weighted by atomic mass is 10.1. The molecule has 1 rings (SSSR count). The Morgan fingerprint density at radius 2 is 2.12 bits per heavy atom. The summed E-state index contributed by atoms with van der Waals surface area (Å²) in [5.41, 5.74) is 0.851. The molecule has 94 valence electrons. The molecule has 0 N–H and O–H groups in total. The Hall–Kier alpha value is -1.06. The Balaban J connectivity index is 2.66. The molecule has 17 heavy (non-hydrogen) atoms. The third-order valence-corrected chi connectivity index (χ3v) is 2.70. The second-order valence-electron chi connectivity index (χ2n) is 4.22. The lowest BCUT2D eigenvalue weighted by Crippen LogP contribution is -2.17. The molecule has 1 aromatic carbocycles. The van der Waals surface area contributed by atoms with Gasteiger partial charge in [0, 0.05) is 30.0 Å². The van der Waals surface area contributed by atoms with Gasteiger partial charge in [0.2, 0.25) is 0 Å². The summed E-state index contributed by atoms with van der Waals surface area (Å²) in [6, 6.07) is 5.33. The molecular weight excluding hydrogens is 238 g/mol. The normalized spacial score (nSPS) is 10.6. The van der Waals surface area contributed by atoms with E-state index in [0.717, 1.165) is 12.1 Å². The molecule has 3 nitrogen and oxygen atoms in total. The molecule has 0 spiro atoms. The maximum atomic E-state index is 11.8. The van der Waals surface area contributed by atoms with E-state index < -0.39 is 0 Å². The van der Waals surface area contributed by atoms with Gasteiger partial charge in [-0.1, -0.05) is 11.6 Å². The van der Waals surface area contributed by atoms with Gasteiger partial charge in [-0.25, -0.2) is 0 Å². The smallest absolute Gasteiger partial charge is 0.138 e. The molecule has 0 aromatic heterocycles. The van der Waals surface area contributed by atoms with Gasteiger partial charge in [-0.15, -0.1) is 0 Å². The van der Waals surface area contributed by atoms with E-state index >= 15 is 0 Å². The molecule has 0 aliphatic rings. The van der Waals surface area contributed by atoms with Crippen molar-refractivity contribution in [1.29, 1.82) is 0 Å². The highest BCUT2D eigenvalue weighted by atomic mass is 35.5. The van der Waals surface area contributed by atoms with E-state index in [-0.39, 0.29) is 5.78 Å². The minimum Gasteiger partial charge on any atom is -0.496 e. The Kier molecular flexibility index (Phi) is 5.45. The first-order valence-corrected chi connectivity index (χ1v) is 5.89. The maximum Gasteiger partial charge on any atom is 0.138 e. The number of hydrogen-bond acceptors (Lipinski definition) is 3. The van der Waals surface area contributed by atoms with Crippen LogP contribution in [0.25, 0.3) is 0 Å². The molecule has 0 unspecified atom stereocenters. The first kappa shape index (κ1) is 14.0. The van der Waals surface area contributed by atoms with Crippen molar-refractivity contribution >= 4 is 17.4 Å². The summed E-state index contributed by atoms with van der Waals surface area (Å²) in [4.78, 5) is 13.8. The van der Waals surface area contributed by atoms with E-state index in [1.807, 2.05) is 19.0 Å². The first-order valence-electron chi connectivity index (χ1n) is 5.51.